The van der Waals surface area contributed by atoms with Crippen molar-refractivity contribution >= 4 is 68.7 Å². The molecular weight excluding hydrogens is 497 g/mol. The number of thiazole rings is 1. The van der Waals surface area contributed by atoms with Crippen LogP contribution in [0.2, 0.25) is 10.0 Å². The molecule has 0 aliphatic carbocycles. The van der Waals surface area contributed by atoms with E-state index in [-0.39, 0.29) is 32.1 Å². The maximum Gasteiger partial charge on any atom is 0.209 e. The highest BCUT2D eigenvalue weighted by molar-refractivity contribution is 7.98. The summed E-state index contributed by atoms with van der Waals surface area (Å²) in [6, 6.07) is 20.9. The molecule has 0 aliphatic heterocycles. The van der Waals surface area contributed by atoms with Gasteiger partial charge in [-0.2, -0.15) is 0 Å². The number of thioether (sulfide) groups is 1. The maximum atomic E-state index is 12.9. The number of carbonyl (C=O) groups excluding carboxylic acids is 1. The normalized spacial score (nSPS) is 10.8. The Morgan fingerprint density at radius 2 is 1.79 bits per heavy atom. The van der Waals surface area contributed by atoms with Crippen molar-refractivity contribution in [2.45, 2.75) is 10.6 Å². The Bertz CT molecular complexity index is 1270. The Balaban J connectivity index is 1.43. The van der Waals surface area contributed by atoms with Crippen molar-refractivity contribution in [3.8, 4) is 5.75 Å². The van der Waals surface area contributed by atoms with Gasteiger partial charge in [0.2, 0.25) is 5.78 Å². The Morgan fingerprint density at radius 1 is 1.09 bits per heavy atom. The van der Waals surface area contributed by atoms with E-state index in [0.29, 0.717) is 5.13 Å². The number of nitrogens with two attached hydrogens (primary N) is 1. The minimum absolute atomic E-state index is 0.133. The van der Waals surface area contributed by atoms with Crippen LogP contribution < -0.4 is 15.8 Å². The van der Waals surface area contributed by atoms with Crippen molar-refractivity contribution < 1.29 is 9.53 Å². The van der Waals surface area contributed by atoms with Gasteiger partial charge >= 0.3 is 0 Å². The highest BCUT2D eigenvalue weighted by atomic mass is 35.5. The van der Waals surface area contributed by atoms with Crippen LogP contribution in [-0.2, 0) is 5.75 Å². The molecule has 3 N–H and O–H groups in total. The summed E-state index contributed by atoms with van der Waals surface area (Å²) in [7, 11) is 1.67. The molecule has 9 heteroatoms. The van der Waals surface area contributed by atoms with Gasteiger partial charge in [0.25, 0.3) is 0 Å². The predicted molar refractivity (Wildman–Crippen MR) is 139 cm³/mol. The summed E-state index contributed by atoms with van der Waals surface area (Å²) in [6.45, 7) is 0. The molecule has 4 rings (SSSR count). The number of ketones is 1. The van der Waals surface area contributed by atoms with E-state index in [4.69, 9.17) is 33.7 Å². The summed E-state index contributed by atoms with van der Waals surface area (Å²) in [5, 5.41) is 4.26. The number of ether oxygens (including phenoxy) is 1. The molecule has 5 nitrogen and oxygen atoms in total. The van der Waals surface area contributed by atoms with E-state index in [2.05, 4.69) is 16.4 Å². The SMILES string of the molecule is COc1cccc(CSc2ccc(Nc3nc(N)c(C(=O)c4c(Cl)cccc4Cl)s3)cc2)c1. The molecule has 3 aromatic carbocycles. The molecule has 0 saturated heterocycles. The number of nitrogen functional groups attached to an aromatic ring is 1. The topological polar surface area (TPSA) is 77.2 Å². The van der Waals surface area contributed by atoms with Gasteiger partial charge in [-0.15, -0.1) is 11.8 Å². The summed E-state index contributed by atoms with van der Waals surface area (Å²) >= 11 is 15.2. The summed E-state index contributed by atoms with van der Waals surface area (Å²) in [5.74, 6) is 1.47. The van der Waals surface area contributed by atoms with Gasteiger partial charge in [0.1, 0.15) is 16.4 Å². The number of carbonyl (C=O) groups is 1. The average Bonchev–Trinajstić information content (AvgIpc) is 3.18. The lowest BCUT2D eigenvalue weighted by Crippen LogP contribution is -2.04. The van der Waals surface area contributed by atoms with Crippen LogP contribution in [0, 0.1) is 0 Å². The quantitative estimate of drug-likeness (QED) is 0.189. The molecule has 0 aliphatic rings. The van der Waals surface area contributed by atoms with E-state index in [9.17, 15) is 4.79 Å². The maximum absolute atomic E-state index is 12.9. The third kappa shape index (κ3) is 5.62. The lowest BCUT2D eigenvalue weighted by Gasteiger charge is -2.06. The first-order chi connectivity index (χ1) is 15.9. The Hall–Kier alpha value is -2.71. The highest BCUT2D eigenvalue weighted by Gasteiger charge is 2.22. The Morgan fingerprint density at radius 3 is 2.48 bits per heavy atom. The summed E-state index contributed by atoms with van der Waals surface area (Å²) in [5.41, 5.74) is 8.26. The number of hydrogen-bond acceptors (Lipinski definition) is 7. The van der Waals surface area contributed by atoms with Crippen LogP contribution >= 0.6 is 46.3 Å². The first-order valence-corrected chi connectivity index (χ1v) is 12.4. The molecular formula is C24H19Cl2N3O2S2. The van der Waals surface area contributed by atoms with E-state index < -0.39 is 0 Å². The summed E-state index contributed by atoms with van der Waals surface area (Å²) in [4.78, 5) is 18.6. The van der Waals surface area contributed by atoms with Gasteiger partial charge in [-0.3, -0.25) is 4.79 Å². The van der Waals surface area contributed by atoms with Crippen molar-refractivity contribution in [3.05, 3.63) is 92.8 Å². The average molecular weight is 516 g/mol. The number of hydrogen-bond donors (Lipinski definition) is 2. The smallest absolute Gasteiger partial charge is 0.209 e. The fourth-order valence-electron chi connectivity index (χ4n) is 3.06. The number of anilines is 3. The van der Waals surface area contributed by atoms with Crippen LogP contribution in [0.1, 0.15) is 20.8 Å². The third-order valence-corrected chi connectivity index (χ3v) is 7.39. The molecule has 0 unspecified atom stereocenters. The van der Waals surface area contributed by atoms with Crippen LogP contribution in [-0.4, -0.2) is 17.9 Å². The zero-order valence-corrected chi connectivity index (χ0v) is 20.6. The fourth-order valence-corrected chi connectivity index (χ4v) is 5.32. The van der Waals surface area contributed by atoms with Gasteiger partial charge in [-0.25, -0.2) is 4.98 Å². The van der Waals surface area contributed by atoms with Crippen molar-refractivity contribution in [3.63, 3.8) is 0 Å². The van der Waals surface area contributed by atoms with Crippen molar-refractivity contribution in [2.75, 3.05) is 18.2 Å². The summed E-state index contributed by atoms with van der Waals surface area (Å²) in [6.07, 6.45) is 0. The van der Waals surface area contributed by atoms with Crippen LogP contribution in [0.5, 0.6) is 5.75 Å². The van der Waals surface area contributed by atoms with Gasteiger partial charge in [0, 0.05) is 16.3 Å². The van der Waals surface area contributed by atoms with Gasteiger partial charge < -0.3 is 15.8 Å². The molecule has 0 atom stereocenters. The largest absolute Gasteiger partial charge is 0.497 e. The molecule has 0 amide bonds. The molecule has 1 heterocycles. The van der Waals surface area contributed by atoms with Crippen molar-refractivity contribution in [2.24, 2.45) is 0 Å². The van der Waals surface area contributed by atoms with Gasteiger partial charge in [0.15, 0.2) is 5.13 Å². The van der Waals surface area contributed by atoms with E-state index in [1.165, 1.54) is 5.56 Å². The lowest BCUT2D eigenvalue weighted by atomic mass is 10.1. The molecule has 33 heavy (non-hydrogen) atoms. The second-order valence-corrected chi connectivity index (χ2v) is 9.81. The van der Waals surface area contributed by atoms with Crippen LogP contribution in [0.4, 0.5) is 16.6 Å². The lowest BCUT2D eigenvalue weighted by molar-refractivity contribution is 0.104. The van der Waals surface area contributed by atoms with E-state index in [1.54, 1.807) is 37.1 Å². The Labute approximate surface area is 209 Å². The zero-order valence-electron chi connectivity index (χ0n) is 17.5. The van der Waals surface area contributed by atoms with Gasteiger partial charge in [-0.05, 0) is 54.1 Å². The number of nitrogens with one attached hydrogen (secondary N) is 1. The Kier molecular flexibility index (Phi) is 7.45. The minimum Gasteiger partial charge on any atom is -0.497 e. The standard InChI is InChI=1S/C24H19Cl2N3O2S2/c1-31-16-5-2-4-14(12-16)13-32-17-10-8-15(9-11-17)28-24-29-23(27)22(33-24)21(30)20-18(25)6-3-7-19(20)26/h2-12H,13,27H2,1H3,(H,28,29). The number of aromatic nitrogens is 1. The van der Waals surface area contributed by atoms with Crippen LogP contribution in [0.3, 0.4) is 0 Å². The molecule has 0 fully saturated rings. The van der Waals surface area contributed by atoms with Crippen LogP contribution in [0.25, 0.3) is 0 Å². The van der Waals surface area contributed by atoms with E-state index >= 15 is 0 Å². The molecule has 1 aromatic heterocycles. The van der Waals surface area contributed by atoms with E-state index in [1.807, 2.05) is 42.5 Å². The fraction of sp³-hybridized carbons (Fsp3) is 0.0833. The minimum atomic E-state index is -0.349. The van der Waals surface area contributed by atoms with E-state index in [0.717, 1.165) is 33.4 Å². The van der Waals surface area contributed by atoms with Crippen molar-refractivity contribution in [1.29, 1.82) is 0 Å². The first-order valence-electron chi connectivity index (χ1n) is 9.82. The molecule has 4 aromatic rings. The molecule has 0 spiro atoms. The van der Waals surface area contributed by atoms with Crippen LogP contribution in [0.15, 0.2) is 71.6 Å². The first kappa shape index (κ1) is 23.4. The van der Waals surface area contributed by atoms with Gasteiger partial charge in [0.05, 0.1) is 22.7 Å². The molecule has 0 bridgehead atoms. The molecule has 0 radical (unpaired) electrons. The third-order valence-electron chi connectivity index (χ3n) is 4.69. The number of benzene rings is 3. The molecule has 0 saturated carbocycles. The highest BCUT2D eigenvalue weighted by Crippen LogP contribution is 2.34. The van der Waals surface area contributed by atoms with Gasteiger partial charge in [-0.1, -0.05) is 52.7 Å². The number of nitrogens with zero attached hydrogens (tertiary/aromatic N) is 1. The monoisotopic (exact) mass is 515 g/mol. The number of halogens is 2. The second-order valence-electron chi connectivity index (χ2n) is 6.95. The molecule has 168 valence electrons. The van der Waals surface area contributed by atoms with Crippen molar-refractivity contribution in [1.82, 2.24) is 4.98 Å². The number of rotatable bonds is 8. The predicted octanol–water partition coefficient (Wildman–Crippen LogP) is 7.31. The summed E-state index contributed by atoms with van der Waals surface area (Å²) < 4.78 is 5.28. The number of methoxy groups -OCH3 is 1. The second kappa shape index (κ2) is 10.5. The zero-order chi connectivity index (χ0) is 23.4.